The number of amides is 4. The van der Waals surface area contributed by atoms with Crippen molar-refractivity contribution in [3.05, 3.63) is 113 Å². The largest absolute Gasteiger partial charge is 0.465 e. The normalized spacial score (nSPS) is 20.4. The maximum absolute atomic E-state index is 13.8. The van der Waals surface area contributed by atoms with E-state index in [-0.39, 0.29) is 53.2 Å². The third kappa shape index (κ3) is 10.1. The number of hydrogen-bond acceptors (Lipinski definition) is 8. The number of nitrogens with one attached hydrogen (secondary N) is 3. The van der Waals surface area contributed by atoms with Gasteiger partial charge >= 0.3 is 12.2 Å². The van der Waals surface area contributed by atoms with Crippen LogP contribution in [0.25, 0.3) is 22.8 Å². The predicted octanol–water partition coefficient (Wildman–Crippen LogP) is 10.2. The van der Waals surface area contributed by atoms with Crippen LogP contribution in [0.5, 0.6) is 0 Å². The molecule has 0 unspecified atom stereocenters. The first-order chi connectivity index (χ1) is 32.9. The molecule has 15 nitrogen and oxygen atoms in total. The number of carboxylic acid groups (broad SMARTS) is 1. The highest BCUT2D eigenvalue weighted by Crippen LogP contribution is 2.48. The molecule has 0 saturated carbocycles. The van der Waals surface area contributed by atoms with Gasteiger partial charge in [0.15, 0.2) is 0 Å². The monoisotopic (exact) mass is 940 g/mol. The van der Waals surface area contributed by atoms with Crippen LogP contribution in [0, 0.1) is 11.8 Å². The zero-order valence-corrected chi connectivity index (χ0v) is 41.5. The number of imidazole rings is 2. The standard InChI is InChI=1S/C54H69N9O6/c1-32(2)46(59-52(66)69-9)50(64)61-28-10-12-44(61)40-30-55-48(57-40)36-18-14-34(15-19-36)42-26-27-43(63(42)39-24-22-38(23-25-39)54(5,6)7)35-16-20-37(21-17-35)49-56-31-41(58-49)45-13-11-29-62(45)51(65)47(33(3)4)60(8)53(67)68/h14-25,30-33,42-47H,10-13,26-29H2,1-9H3,(H,55,57)(H,56,58)(H,59,66)(H,67,68)/t42-,43-,44-,45-,46-,47-/m0/s1. The molecule has 0 spiro atoms. The first-order valence-corrected chi connectivity index (χ1v) is 24.6. The predicted molar refractivity (Wildman–Crippen MR) is 266 cm³/mol. The van der Waals surface area contributed by atoms with Gasteiger partial charge in [-0.3, -0.25) is 14.5 Å². The number of methoxy groups -OCH3 is 1. The summed E-state index contributed by atoms with van der Waals surface area (Å²) in [5.74, 6) is 0.863. The number of anilines is 1. The van der Waals surface area contributed by atoms with E-state index in [1.54, 1.807) is 4.90 Å². The van der Waals surface area contributed by atoms with Crippen molar-refractivity contribution < 1.29 is 29.0 Å². The molecule has 0 bridgehead atoms. The van der Waals surface area contributed by atoms with Crippen molar-refractivity contribution in [2.24, 2.45) is 11.8 Å². The van der Waals surface area contributed by atoms with Crippen molar-refractivity contribution in [1.82, 2.24) is 40.0 Å². The summed E-state index contributed by atoms with van der Waals surface area (Å²) in [5.41, 5.74) is 8.38. The minimum absolute atomic E-state index is 0.0222. The number of nitrogens with zero attached hydrogens (tertiary/aromatic N) is 6. The van der Waals surface area contributed by atoms with E-state index in [0.717, 1.165) is 83.3 Å². The number of carbonyl (C=O) groups is 4. The number of aromatic nitrogens is 4. The lowest BCUT2D eigenvalue weighted by molar-refractivity contribution is -0.138. The first-order valence-electron chi connectivity index (χ1n) is 24.6. The zero-order chi connectivity index (χ0) is 49.3. The lowest BCUT2D eigenvalue weighted by atomic mass is 9.87. The van der Waals surface area contributed by atoms with Crippen molar-refractivity contribution in [3.63, 3.8) is 0 Å². The van der Waals surface area contributed by atoms with Crippen molar-refractivity contribution in [2.75, 3.05) is 32.1 Å². The molecule has 2 aromatic heterocycles. The third-order valence-corrected chi connectivity index (χ3v) is 14.5. The zero-order valence-electron chi connectivity index (χ0n) is 41.5. The number of carbonyl (C=O) groups excluding carboxylic acids is 3. The molecule has 3 aliphatic heterocycles. The highest BCUT2D eigenvalue weighted by atomic mass is 16.5. The number of alkyl carbamates (subject to hydrolysis) is 1. The summed E-state index contributed by atoms with van der Waals surface area (Å²) in [5, 5.41) is 12.4. The molecule has 3 aromatic carbocycles. The van der Waals surface area contributed by atoms with E-state index in [4.69, 9.17) is 14.7 Å². The van der Waals surface area contributed by atoms with Crippen molar-refractivity contribution >= 4 is 29.7 Å². The van der Waals surface area contributed by atoms with Crippen LogP contribution in [0.2, 0.25) is 0 Å². The Labute approximate surface area is 406 Å². The smallest absolute Gasteiger partial charge is 0.407 e. The van der Waals surface area contributed by atoms with E-state index in [1.807, 2.05) is 45.0 Å². The van der Waals surface area contributed by atoms with Crippen LogP contribution < -0.4 is 10.2 Å². The summed E-state index contributed by atoms with van der Waals surface area (Å²) < 4.78 is 4.81. The molecule has 366 valence electrons. The number of benzene rings is 3. The highest BCUT2D eigenvalue weighted by molar-refractivity contribution is 5.87. The van der Waals surface area contributed by atoms with Gasteiger partial charge in [-0.25, -0.2) is 19.6 Å². The number of hydrogen-bond donors (Lipinski definition) is 4. The number of ether oxygens (including phenoxy) is 1. The lowest BCUT2D eigenvalue weighted by Gasteiger charge is -2.34. The van der Waals surface area contributed by atoms with Gasteiger partial charge in [-0.15, -0.1) is 0 Å². The summed E-state index contributed by atoms with van der Waals surface area (Å²) in [6.45, 7) is 15.5. The summed E-state index contributed by atoms with van der Waals surface area (Å²) >= 11 is 0. The Morgan fingerprint density at radius 2 is 1.17 bits per heavy atom. The molecule has 6 atom stereocenters. The Morgan fingerprint density at radius 1 is 0.696 bits per heavy atom. The summed E-state index contributed by atoms with van der Waals surface area (Å²) in [6.07, 6.45) is 7.20. The summed E-state index contributed by atoms with van der Waals surface area (Å²) in [6, 6.07) is 24.7. The van der Waals surface area contributed by atoms with E-state index in [1.165, 1.54) is 30.8 Å². The van der Waals surface area contributed by atoms with Gasteiger partial charge in [0.2, 0.25) is 11.8 Å². The Bertz CT molecular complexity index is 2600. The molecule has 3 aliphatic rings. The van der Waals surface area contributed by atoms with Crippen LogP contribution in [0.3, 0.4) is 0 Å². The van der Waals surface area contributed by atoms with E-state index in [9.17, 15) is 24.3 Å². The van der Waals surface area contributed by atoms with Crippen LogP contribution in [-0.2, 0) is 19.7 Å². The topological polar surface area (TPSA) is 180 Å². The van der Waals surface area contributed by atoms with Crippen LogP contribution in [0.1, 0.15) is 139 Å². The Kier molecular flexibility index (Phi) is 14.2. The number of likely N-dealkylation sites (N-methyl/N-ethyl adjacent to an activating group) is 1. The van der Waals surface area contributed by atoms with Gasteiger partial charge < -0.3 is 39.8 Å². The molecule has 8 rings (SSSR count). The number of likely N-dealkylation sites (tertiary alicyclic amines) is 2. The SMILES string of the molecule is COC(=O)N[C@H](C(=O)N1CCC[C@H]1c1c[nH]c(-c2ccc([C@@H]3CC[C@@H](c4ccc(-c5nc([C@@H]6CCCN6C(=O)[C@H](C(C)C)N(C)C(=O)O)c[nH]5)cc4)N3c3ccc(C(C)(C)C)cc3)cc2)n1)C(C)C. The average Bonchev–Trinajstić information content (AvgIpc) is 4.20. The van der Waals surface area contributed by atoms with E-state index >= 15 is 0 Å². The summed E-state index contributed by atoms with van der Waals surface area (Å²) in [7, 11) is 2.76. The highest BCUT2D eigenvalue weighted by Gasteiger charge is 2.41. The fourth-order valence-electron chi connectivity index (χ4n) is 10.7. The minimum atomic E-state index is -1.12. The molecular formula is C54H69N9O6. The number of aromatic amines is 2. The second-order valence-corrected chi connectivity index (χ2v) is 20.7. The quantitative estimate of drug-likeness (QED) is 0.0894. The van der Waals surface area contributed by atoms with Crippen LogP contribution in [0.4, 0.5) is 15.3 Å². The maximum atomic E-state index is 13.8. The molecule has 4 amide bonds. The Hall–Kier alpha value is -6.64. The second-order valence-electron chi connectivity index (χ2n) is 20.7. The Balaban J connectivity index is 1.01. The molecule has 5 heterocycles. The van der Waals surface area contributed by atoms with E-state index in [2.05, 4.69) is 114 Å². The second kappa shape index (κ2) is 20.1. The molecule has 5 aromatic rings. The van der Waals surface area contributed by atoms with Gasteiger partial charge in [0.05, 0.1) is 42.7 Å². The number of H-pyrrole nitrogens is 2. The fraction of sp³-hybridized carbons (Fsp3) is 0.481. The molecule has 0 aliphatic carbocycles. The fourth-order valence-corrected chi connectivity index (χ4v) is 10.7. The van der Waals surface area contributed by atoms with Crippen molar-refractivity contribution in [3.8, 4) is 22.8 Å². The molecular weight excluding hydrogens is 871 g/mol. The van der Waals surface area contributed by atoms with Crippen LogP contribution in [0.15, 0.2) is 85.2 Å². The molecule has 0 radical (unpaired) electrons. The minimum Gasteiger partial charge on any atom is -0.465 e. The molecule has 3 fully saturated rings. The van der Waals surface area contributed by atoms with Gasteiger partial charge in [-0.2, -0.15) is 0 Å². The first kappa shape index (κ1) is 48.8. The number of rotatable bonds is 13. The van der Waals surface area contributed by atoms with Crippen LogP contribution in [-0.4, -0.2) is 103 Å². The molecule has 3 saturated heterocycles. The lowest BCUT2D eigenvalue weighted by Crippen LogP contribution is -2.51. The summed E-state index contributed by atoms with van der Waals surface area (Å²) in [4.78, 5) is 75.6. The van der Waals surface area contributed by atoms with E-state index < -0.39 is 24.3 Å². The average molecular weight is 940 g/mol. The van der Waals surface area contributed by atoms with Crippen molar-refractivity contribution in [2.45, 2.75) is 129 Å². The molecule has 15 heteroatoms. The molecule has 69 heavy (non-hydrogen) atoms. The maximum Gasteiger partial charge on any atom is 0.407 e. The van der Waals surface area contributed by atoms with Gasteiger partial charge in [-0.05, 0) is 84.6 Å². The Morgan fingerprint density at radius 3 is 1.59 bits per heavy atom. The van der Waals surface area contributed by atoms with E-state index in [0.29, 0.717) is 13.1 Å². The van der Waals surface area contributed by atoms with Gasteiger partial charge in [0.1, 0.15) is 23.7 Å². The molecule has 4 N–H and O–H groups in total. The van der Waals surface area contributed by atoms with Gasteiger partial charge in [0, 0.05) is 49.3 Å². The van der Waals surface area contributed by atoms with Crippen molar-refractivity contribution in [1.29, 1.82) is 0 Å². The van der Waals surface area contributed by atoms with Gasteiger partial charge in [-0.1, -0.05) is 109 Å². The van der Waals surface area contributed by atoms with Gasteiger partial charge in [0.25, 0.3) is 0 Å². The van der Waals surface area contributed by atoms with Crippen LogP contribution >= 0.6 is 0 Å². The third-order valence-electron chi connectivity index (χ3n) is 14.5.